The molecule has 0 radical (unpaired) electrons. The van der Waals surface area contributed by atoms with E-state index in [0.29, 0.717) is 11.4 Å². The van der Waals surface area contributed by atoms with Gasteiger partial charge in [0.15, 0.2) is 0 Å². The minimum absolute atomic E-state index is 0.118. The predicted octanol–water partition coefficient (Wildman–Crippen LogP) is 0.527. The minimum atomic E-state index is -0.298. The van der Waals surface area contributed by atoms with Crippen LogP contribution in [-0.2, 0) is 9.53 Å². The maximum atomic E-state index is 11.0. The average molecular weight is 190 g/mol. The number of carbonyl (C=O) groups is 1. The van der Waals surface area contributed by atoms with Gasteiger partial charge in [0, 0.05) is 11.8 Å². The molecule has 1 heterocycles. The first-order chi connectivity index (χ1) is 6.70. The molecule has 0 saturated heterocycles. The van der Waals surface area contributed by atoms with Gasteiger partial charge in [-0.25, -0.2) is 4.99 Å². The van der Waals surface area contributed by atoms with Crippen LogP contribution < -0.4 is 5.73 Å². The lowest BCUT2D eigenvalue weighted by molar-refractivity contribution is -0.113. The van der Waals surface area contributed by atoms with Gasteiger partial charge < -0.3 is 10.5 Å². The summed E-state index contributed by atoms with van der Waals surface area (Å²) in [4.78, 5) is 14.9. The summed E-state index contributed by atoms with van der Waals surface area (Å²) in [5, 5.41) is 0. The molecule has 0 aromatic rings. The van der Waals surface area contributed by atoms with E-state index in [-0.39, 0.29) is 11.8 Å². The minimum Gasteiger partial charge on any atom is -0.497 e. The molecule has 0 bridgehead atoms. The lowest BCUT2D eigenvalue weighted by Crippen LogP contribution is -2.26. The fraction of sp³-hybridized carbons (Fsp3) is 0.200. The topological polar surface area (TPSA) is 64.7 Å². The fourth-order valence-corrected chi connectivity index (χ4v) is 1.48. The van der Waals surface area contributed by atoms with Crippen LogP contribution in [0, 0.1) is 5.92 Å². The highest BCUT2D eigenvalue weighted by atomic mass is 16.5. The highest BCUT2D eigenvalue weighted by Gasteiger charge is 2.23. The zero-order valence-electron chi connectivity index (χ0n) is 7.73. The number of fused-ring (bicyclic) bond motifs is 1. The van der Waals surface area contributed by atoms with Crippen molar-refractivity contribution in [2.75, 3.05) is 7.11 Å². The first-order valence-electron chi connectivity index (χ1n) is 4.24. The van der Waals surface area contributed by atoms with Gasteiger partial charge in [-0.2, -0.15) is 0 Å². The van der Waals surface area contributed by atoms with Crippen LogP contribution in [0.5, 0.6) is 0 Å². The quantitative estimate of drug-likeness (QED) is 0.655. The Morgan fingerprint density at radius 3 is 3.00 bits per heavy atom. The van der Waals surface area contributed by atoms with E-state index >= 15 is 0 Å². The van der Waals surface area contributed by atoms with Crippen molar-refractivity contribution in [2.45, 2.75) is 0 Å². The maximum absolute atomic E-state index is 11.0. The molecule has 1 amide bonds. The Hall–Kier alpha value is -1.84. The fourth-order valence-electron chi connectivity index (χ4n) is 1.48. The number of carbonyl (C=O) groups excluding carboxylic acids is 1. The molecule has 1 aliphatic heterocycles. The Labute approximate surface area is 81.5 Å². The number of nitrogens with two attached hydrogens (primary N) is 1. The molecular formula is C10H10N2O2. The molecule has 1 aliphatic carbocycles. The highest BCUT2D eigenvalue weighted by molar-refractivity contribution is 6.12. The maximum Gasteiger partial charge on any atom is 0.271 e. The van der Waals surface area contributed by atoms with Gasteiger partial charge in [0.25, 0.3) is 5.91 Å². The molecule has 72 valence electrons. The molecule has 1 unspecified atom stereocenters. The molecule has 2 aliphatic rings. The molecule has 14 heavy (non-hydrogen) atoms. The second-order valence-corrected chi connectivity index (χ2v) is 3.10. The lowest BCUT2D eigenvalue weighted by atomic mass is 9.92. The molecule has 1 atom stereocenters. The summed E-state index contributed by atoms with van der Waals surface area (Å²) in [5.74, 6) is 0.319. The van der Waals surface area contributed by atoms with Gasteiger partial charge >= 0.3 is 0 Å². The van der Waals surface area contributed by atoms with Crippen LogP contribution in [0.1, 0.15) is 0 Å². The van der Waals surface area contributed by atoms with Crippen molar-refractivity contribution in [1.82, 2.24) is 0 Å². The van der Waals surface area contributed by atoms with Gasteiger partial charge in [-0.1, -0.05) is 0 Å². The van der Waals surface area contributed by atoms with E-state index in [1.165, 1.54) is 6.08 Å². The number of allylic oxidation sites excluding steroid dienone is 3. The normalized spacial score (nSPS) is 24.8. The lowest BCUT2D eigenvalue weighted by Gasteiger charge is -2.20. The van der Waals surface area contributed by atoms with Gasteiger partial charge in [0.05, 0.1) is 18.7 Å². The van der Waals surface area contributed by atoms with Gasteiger partial charge in [0.1, 0.15) is 5.76 Å². The Morgan fingerprint density at radius 1 is 1.50 bits per heavy atom. The Kier molecular flexibility index (Phi) is 1.96. The second-order valence-electron chi connectivity index (χ2n) is 3.10. The van der Waals surface area contributed by atoms with E-state index < -0.39 is 0 Å². The number of dihydropyridines is 1. The Bertz CT molecular complexity index is 402. The number of hydrogen-bond acceptors (Lipinski definition) is 3. The molecule has 4 nitrogen and oxygen atoms in total. The molecule has 4 heteroatoms. The van der Waals surface area contributed by atoms with Crippen molar-refractivity contribution >= 4 is 11.6 Å². The molecule has 0 saturated carbocycles. The van der Waals surface area contributed by atoms with Gasteiger partial charge in [-0.15, -0.1) is 0 Å². The number of ether oxygens (including phenoxy) is 1. The van der Waals surface area contributed by atoms with Crippen molar-refractivity contribution in [3.05, 3.63) is 35.8 Å². The third-order valence-corrected chi connectivity index (χ3v) is 2.19. The van der Waals surface area contributed by atoms with Crippen molar-refractivity contribution in [1.29, 1.82) is 0 Å². The van der Waals surface area contributed by atoms with Crippen LogP contribution >= 0.6 is 0 Å². The summed E-state index contributed by atoms with van der Waals surface area (Å²) in [7, 11) is 1.59. The molecular weight excluding hydrogens is 180 g/mol. The third-order valence-electron chi connectivity index (χ3n) is 2.19. The van der Waals surface area contributed by atoms with E-state index in [1.54, 1.807) is 19.3 Å². The summed E-state index contributed by atoms with van der Waals surface area (Å²) in [6, 6.07) is 0. The zero-order chi connectivity index (χ0) is 10.1. The number of methoxy groups -OCH3 is 1. The monoisotopic (exact) mass is 190 g/mol. The van der Waals surface area contributed by atoms with Crippen LogP contribution in [0.25, 0.3) is 0 Å². The summed E-state index contributed by atoms with van der Waals surface area (Å²) in [5.41, 5.74) is 6.91. The third kappa shape index (κ3) is 1.35. The van der Waals surface area contributed by atoms with Gasteiger partial charge in [-0.05, 0) is 18.2 Å². The van der Waals surface area contributed by atoms with E-state index in [2.05, 4.69) is 4.99 Å². The van der Waals surface area contributed by atoms with Gasteiger partial charge in [-0.3, -0.25) is 4.79 Å². The largest absolute Gasteiger partial charge is 0.497 e. The Balaban J connectivity index is 2.38. The average Bonchev–Trinajstić information content (AvgIpc) is 2.17. The molecule has 0 fully saturated rings. The predicted molar refractivity (Wildman–Crippen MR) is 52.4 cm³/mol. The molecule has 0 aromatic carbocycles. The first-order valence-corrected chi connectivity index (χ1v) is 4.24. The van der Waals surface area contributed by atoms with E-state index in [9.17, 15) is 4.79 Å². The number of hydrogen-bond donors (Lipinski definition) is 1. The first kappa shape index (κ1) is 8.74. The van der Waals surface area contributed by atoms with Crippen LogP contribution in [0.3, 0.4) is 0 Å². The molecule has 0 aromatic heterocycles. The summed E-state index contributed by atoms with van der Waals surface area (Å²) in [6.07, 6.45) is 6.71. The molecule has 2 N–H and O–H groups in total. The van der Waals surface area contributed by atoms with Crippen LogP contribution in [0.15, 0.2) is 40.8 Å². The second kappa shape index (κ2) is 3.14. The highest BCUT2D eigenvalue weighted by Crippen LogP contribution is 2.22. The van der Waals surface area contributed by atoms with Crippen LogP contribution in [0.2, 0.25) is 0 Å². The summed E-state index contributed by atoms with van der Waals surface area (Å²) < 4.78 is 5.07. The van der Waals surface area contributed by atoms with Gasteiger partial charge in [0.2, 0.25) is 0 Å². The Morgan fingerprint density at radius 2 is 2.29 bits per heavy atom. The van der Waals surface area contributed by atoms with E-state index in [1.807, 2.05) is 6.08 Å². The summed E-state index contributed by atoms with van der Waals surface area (Å²) in [6.45, 7) is 0. The molecule has 0 spiro atoms. The van der Waals surface area contributed by atoms with Crippen molar-refractivity contribution in [3.8, 4) is 0 Å². The van der Waals surface area contributed by atoms with E-state index in [4.69, 9.17) is 10.5 Å². The van der Waals surface area contributed by atoms with Crippen molar-refractivity contribution in [3.63, 3.8) is 0 Å². The molecule has 2 rings (SSSR count). The smallest absolute Gasteiger partial charge is 0.271 e. The SMILES string of the molecule is COC1=CC2C(N)=CC(=O)N=C2C=C1. The number of rotatable bonds is 1. The number of nitrogens with zero attached hydrogens (tertiary/aromatic N) is 1. The zero-order valence-corrected chi connectivity index (χ0v) is 7.73. The standard InChI is InChI=1S/C10H10N2O2/c1-14-6-2-3-9-7(4-6)8(11)5-10(13)12-9/h2-5,7H,11H2,1H3. The van der Waals surface area contributed by atoms with E-state index in [0.717, 1.165) is 5.76 Å². The van der Waals surface area contributed by atoms with Crippen molar-refractivity contribution < 1.29 is 9.53 Å². The van der Waals surface area contributed by atoms with Crippen LogP contribution in [-0.4, -0.2) is 18.7 Å². The number of amides is 1. The van der Waals surface area contributed by atoms with Crippen LogP contribution in [0.4, 0.5) is 0 Å². The number of aliphatic imine (C=N–C) groups is 1. The summed E-state index contributed by atoms with van der Waals surface area (Å²) >= 11 is 0. The van der Waals surface area contributed by atoms with Crippen molar-refractivity contribution in [2.24, 2.45) is 16.6 Å².